The summed E-state index contributed by atoms with van der Waals surface area (Å²) in [6, 6.07) is 12.9. The van der Waals surface area contributed by atoms with E-state index in [1.165, 1.54) is 6.92 Å². The van der Waals surface area contributed by atoms with Gasteiger partial charge in [0.2, 0.25) is 5.78 Å². The molecule has 3 nitrogen and oxygen atoms in total. The van der Waals surface area contributed by atoms with Crippen LogP contribution in [0.2, 0.25) is 0 Å². The first-order valence-corrected chi connectivity index (χ1v) is 5.04. The largest absolute Gasteiger partial charge is 0.369 e. The molecule has 0 aliphatic carbocycles. The summed E-state index contributed by atoms with van der Waals surface area (Å²) in [6.45, 7) is 1.29. The van der Waals surface area contributed by atoms with Crippen LogP contribution in [0.4, 0.5) is 0 Å². The Bertz CT molecular complexity index is 536. The molecule has 0 aliphatic heterocycles. The smallest absolute Gasteiger partial charge is 0.209 e. The number of Topliss-reactive ketones (excluding diaryl/α,β-unsaturated/α-hetero) is 1. The third kappa shape index (κ3) is 1.83. The highest BCUT2D eigenvalue weighted by molar-refractivity contribution is 6.11. The van der Waals surface area contributed by atoms with Gasteiger partial charge in [0, 0.05) is 5.56 Å². The van der Waals surface area contributed by atoms with E-state index in [0.29, 0.717) is 5.56 Å². The maximum atomic E-state index is 11.9. The van der Waals surface area contributed by atoms with Gasteiger partial charge < -0.3 is 5.11 Å². The number of nitrogens with two attached hydrogens (primary N) is 1. The van der Waals surface area contributed by atoms with E-state index in [-0.39, 0.29) is 0 Å². The Labute approximate surface area is 93.5 Å². The van der Waals surface area contributed by atoms with E-state index < -0.39 is 11.5 Å². The fraction of sp³-hybridized carbons (Fsp3) is 0.154. The van der Waals surface area contributed by atoms with Gasteiger partial charge in [-0.25, -0.2) is 0 Å². The van der Waals surface area contributed by atoms with Crippen LogP contribution < -0.4 is 5.73 Å². The predicted molar refractivity (Wildman–Crippen MR) is 63.1 cm³/mol. The summed E-state index contributed by atoms with van der Waals surface area (Å²) in [4.78, 5) is 11.9. The number of carbonyl (C=O) groups excluding carboxylic acids is 1. The maximum absolute atomic E-state index is 11.9. The first-order chi connectivity index (χ1) is 7.50. The van der Waals surface area contributed by atoms with Crippen LogP contribution in [0.25, 0.3) is 10.8 Å². The lowest BCUT2D eigenvalue weighted by atomic mass is 9.97. The summed E-state index contributed by atoms with van der Waals surface area (Å²) in [6.07, 6.45) is 0. The zero-order valence-corrected chi connectivity index (χ0v) is 8.97. The summed E-state index contributed by atoms with van der Waals surface area (Å²) in [5.74, 6) is -0.468. The number of rotatable bonds is 2. The zero-order chi connectivity index (χ0) is 11.8. The monoisotopic (exact) mass is 215 g/mol. The molecule has 16 heavy (non-hydrogen) atoms. The van der Waals surface area contributed by atoms with E-state index >= 15 is 0 Å². The fourth-order valence-electron chi connectivity index (χ4n) is 1.70. The molecular formula is C13H13NO2. The first-order valence-electron chi connectivity index (χ1n) is 5.04. The van der Waals surface area contributed by atoms with Crippen molar-refractivity contribution < 1.29 is 9.90 Å². The summed E-state index contributed by atoms with van der Waals surface area (Å²) < 4.78 is 0. The minimum Gasteiger partial charge on any atom is -0.369 e. The van der Waals surface area contributed by atoms with Gasteiger partial charge in [-0.3, -0.25) is 10.5 Å². The molecule has 0 bridgehead atoms. The second kappa shape index (κ2) is 3.70. The maximum Gasteiger partial charge on any atom is 0.209 e. The van der Waals surface area contributed by atoms with Crippen molar-refractivity contribution >= 4 is 16.6 Å². The second-order valence-corrected chi connectivity index (χ2v) is 4.00. The number of hydrogen-bond donors (Lipinski definition) is 2. The van der Waals surface area contributed by atoms with Crippen LogP contribution in [0.1, 0.15) is 17.3 Å². The van der Waals surface area contributed by atoms with Gasteiger partial charge in [0.25, 0.3) is 0 Å². The van der Waals surface area contributed by atoms with E-state index in [4.69, 9.17) is 5.73 Å². The van der Waals surface area contributed by atoms with E-state index in [1.54, 1.807) is 12.1 Å². The Morgan fingerprint density at radius 3 is 2.50 bits per heavy atom. The zero-order valence-electron chi connectivity index (χ0n) is 8.97. The lowest BCUT2D eigenvalue weighted by molar-refractivity contribution is 0.0438. The third-order valence-electron chi connectivity index (χ3n) is 2.49. The summed E-state index contributed by atoms with van der Waals surface area (Å²) in [7, 11) is 0. The van der Waals surface area contributed by atoms with Gasteiger partial charge in [-0.15, -0.1) is 0 Å². The van der Waals surface area contributed by atoms with Gasteiger partial charge in [-0.05, 0) is 17.7 Å². The van der Waals surface area contributed by atoms with Gasteiger partial charge >= 0.3 is 0 Å². The topological polar surface area (TPSA) is 63.3 Å². The molecule has 0 amide bonds. The van der Waals surface area contributed by atoms with Gasteiger partial charge in [-0.1, -0.05) is 42.5 Å². The van der Waals surface area contributed by atoms with Crippen molar-refractivity contribution in [3.8, 4) is 0 Å². The van der Waals surface area contributed by atoms with E-state index in [1.807, 2.05) is 30.3 Å². The summed E-state index contributed by atoms with van der Waals surface area (Å²) >= 11 is 0. The van der Waals surface area contributed by atoms with Crippen LogP contribution in [-0.2, 0) is 0 Å². The van der Waals surface area contributed by atoms with Crippen molar-refractivity contribution in [3.63, 3.8) is 0 Å². The Balaban J connectivity index is 2.66. The van der Waals surface area contributed by atoms with Crippen LogP contribution in [-0.4, -0.2) is 16.6 Å². The molecule has 0 saturated carbocycles. The molecule has 0 aliphatic rings. The highest BCUT2D eigenvalue weighted by Crippen LogP contribution is 2.21. The molecule has 0 heterocycles. The van der Waals surface area contributed by atoms with Crippen molar-refractivity contribution in [2.24, 2.45) is 5.73 Å². The van der Waals surface area contributed by atoms with Crippen molar-refractivity contribution in [2.45, 2.75) is 12.6 Å². The number of fused-ring (bicyclic) bond motifs is 1. The molecule has 0 radical (unpaired) electrons. The number of carbonyl (C=O) groups is 1. The molecule has 2 aromatic rings. The molecule has 2 rings (SSSR count). The number of ketones is 1. The molecule has 1 unspecified atom stereocenters. The average Bonchev–Trinajstić information content (AvgIpc) is 2.26. The van der Waals surface area contributed by atoms with Crippen molar-refractivity contribution in [3.05, 3.63) is 48.0 Å². The molecule has 1 atom stereocenters. The summed E-state index contributed by atoms with van der Waals surface area (Å²) in [5, 5.41) is 11.3. The average molecular weight is 215 g/mol. The highest BCUT2D eigenvalue weighted by Gasteiger charge is 2.26. The Kier molecular flexibility index (Phi) is 2.50. The lowest BCUT2D eigenvalue weighted by Gasteiger charge is -2.16. The molecule has 0 aromatic heterocycles. The van der Waals surface area contributed by atoms with Gasteiger partial charge in [0.15, 0.2) is 5.72 Å². The number of benzene rings is 2. The number of aliphatic hydroxyl groups is 1. The van der Waals surface area contributed by atoms with Crippen LogP contribution in [0.15, 0.2) is 42.5 Å². The molecular weight excluding hydrogens is 202 g/mol. The van der Waals surface area contributed by atoms with Crippen LogP contribution >= 0.6 is 0 Å². The molecule has 2 aromatic carbocycles. The van der Waals surface area contributed by atoms with E-state index in [9.17, 15) is 9.90 Å². The first kappa shape index (κ1) is 10.8. The van der Waals surface area contributed by atoms with Crippen LogP contribution in [0.5, 0.6) is 0 Å². The molecule has 82 valence electrons. The summed E-state index contributed by atoms with van der Waals surface area (Å²) in [5.41, 5.74) is 4.03. The predicted octanol–water partition coefficient (Wildman–Crippen LogP) is 1.69. The van der Waals surface area contributed by atoms with Crippen molar-refractivity contribution in [2.75, 3.05) is 0 Å². The van der Waals surface area contributed by atoms with Crippen molar-refractivity contribution in [1.82, 2.24) is 0 Å². The Morgan fingerprint density at radius 2 is 1.81 bits per heavy atom. The van der Waals surface area contributed by atoms with Crippen LogP contribution in [0.3, 0.4) is 0 Å². The lowest BCUT2D eigenvalue weighted by Crippen LogP contribution is -2.44. The standard InChI is InChI=1S/C13H13NO2/c1-13(14,16)12(15)11-8-4-6-9-5-2-3-7-10(9)11/h2-8,16H,14H2,1H3. The molecule has 3 heteroatoms. The van der Waals surface area contributed by atoms with Gasteiger partial charge in [0.05, 0.1) is 0 Å². The van der Waals surface area contributed by atoms with Crippen LogP contribution in [0, 0.1) is 0 Å². The quantitative estimate of drug-likeness (QED) is 0.592. The SMILES string of the molecule is CC(N)(O)C(=O)c1cccc2ccccc12. The third-order valence-corrected chi connectivity index (χ3v) is 2.49. The van der Waals surface area contributed by atoms with Crippen molar-refractivity contribution in [1.29, 1.82) is 0 Å². The Hall–Kier alpha value is -1.71. The van der Waals surface area contributed by atoms with E-state index in [2.05, 4.69) is 0 Å². The number of hydrogen-bond acceptors (Lipinski definition) is 3. The minimum absolute atomic E-state index is 0.450. The molecule has 0 fully saturated rings. The Morgan fingerprint density at radius 1 is 1.19 bits per heavy atom. The highest BCUT2D eigenvalue weighted by atomic mass is 16.3. The molecule has 0 spiro atoms. The minimum atomic E-state index is -1.83. The van der Waals surface area contributed by atoms with Gasteiger partial charge in [0.1, 0.15) is 0 Å². The van der Waals surface area contributed by atoms with E-state index in [0.717, 1.165) is 10.8 Å². The molecule has 0 saturated heterocycles. The van der Waals surface area contributed by atoms with Gasteiger partial charge in [-0.2, -0.15) is 0 Å². The second-order valence-electron chi connectivity index (χ2n) is 4.00. The normalized spacial score (nSPS) is 14.7. The molecule has 3 N–H and O–H groups in total. The fourth-order valence-corrected chi connectivity index (χ4v) is 1.70.